The van der Waals surface area contributed by atoms with Crippen molar-refractivity contribution in [2.45, 2.75) is 253 Å². The van der Waals surface area contributed by atoms with Gasteiger partial charge in [-0.05, 0) is 91.9 Å². The monoisotopic (exact) mass is 1000 g/mol. The van der Waals surface area contributed by atoms with Crippen LogP contribution in [0.2, 0.25) is 0 Å². The highest BCUT2D eigenvalue weighted by Crippen LogP contribution is 2.71. The number of rotatable bonds is 13. The van der Waals surface area contributed by atoms with Gasteiger partial charge >= 0.3 is 5.97 Å². The van der Waals surface area contributed by atoms with Crippen LogP contribution in [0.5, 0.6) is 0 Å². The number of aliphatic hydroxyl groups excluding tert-OH is 3. The first-order valence-corrected chi connectivity index (χ1v) is 25.3. The quantitative estimate of drug-likeness (QED) is 0.114. The Balaban J connectivity index is 0.850. The molecule has 6 N–H and O–H groups in total. The molecule has 0 radical (unpaired) electrons. The summed E-state index contributed by atoms with van der Waals surface area (Å²) in [6, 6.07) is 0. The standard InChI is InChI=1S/C50H80O20/c1-23-39(54)44(61-11)40(55)45(65-23)70-43-26(4)64-38(21-33(43)60-10)69-42-25(3)63-37(20-32(42)59-9)68-41-24(2)62-36(19-31(41)53)67-30-13-14-46(7)29(18-30)12-15-49(57)34(46)22-35(66-28(6)52)47(8)48(56,27(5)51)16-17-50(47,49)58/h12,23-26,30-45,53-58H,13-22H2,1-11H3. The molecule has 3 saturated carbocycles. The van der Waals surface area contributed by atoms with Gasteiger partial charge in [0.05, 0.1) is 54.2 Å². The number of methoxy groups -OCH3 is 3. The van der Waals surface area contributed by atoms with Crippen molar-refractivity contribution in [2.24, 2.45) is 16.7 Å². The smallest absolute Gasteiger partial charge is 0.302 e. The molecule has 20 nitrogen and oxygen atoms in total. The third-order valence-corrected chi connectivity index (χ3v) is 18.2. The van der Waals surface area contributed by atoms with Crippen LogP contribution in [-0.4, -0.2) is 197 Å². The molecule has 70 heavy (non-hydrogen) atoms. The Hall–Kier alpha value is -1.80. The van der Waals surface area contributed by atoms with Gasteiger partial charge in [-0.25, -0.2) is 0 Å². The summed E-state index contributed by atoms with van der Waals surface area (Å²) in [5.41, 5.74) is -6.87. The molecule has 0 aromatic heterocycles. The predicted octanol–water partition coefficient (Wildman–Crippen LogP) is 1.86. The number of fused-ring (bicyclic) bond motifs is 5. The lowest BCUT2D eigenvalue weighted by atomic mass is 9.42. The highest BCUT2D eigenvalue weighted by Gasteiger charge is 2.81. The van der Waals surface area contributed by atoms with Crippen LogP contribution in [0.4, 0.5) is 0 Å². The summed E-state index contributed by atoms with van der Waals surface area (Å²) in [4.78, 5) is 25.5. The largest absolute Gasteiger partial charge is 0.462 e. The molecule has 4 saturated heterocycles. The Kier molecular flexibility index (Phi) is 15.9. The molecule has 0 aromatic rings. The first-order chi connectivity index (χ1) is 32.9. The fourth-order valence-corrected chi connectivity index (χ4v) is 14.1. The van der Waals surface area contributed by atoms with Gasteiger partial charge < -0.3 is 87.5 Å². The van der Waals surface area contributed by atoms with E-state index in [0.29, 0.717) is 19.3 Å². The highest BCUT2D eigenvalue weighted by atomic mass is 16.8. The van der Waals surface area contributed by atoms with E-state index in [1.165, 1.54) is 21.0 Å². The van der Waals surface area contributed by atoms with Gasteiger partial charge in [0.1, 0.15) is 59.5 Å². The number of esters is 1. The third kappa shape index (κ3) is 9.06. The molecule has 8 rings (SSSR count). The maximum Gasteiger partial charge on any atom is 0.302 e. The van der Waals surface area contributed by atoms with Crippen molar-refractivity contribution in [1.82, 2.24) is 0 Å². The highest BCUT2D eigenvalue weighted by molar-refractivity contribution is 5.87. The van der Waals surface area contributed by atoms with Gasteiger partial charge in [0.15, 0.2) is 30.9 Å². The number of hydrogen-bond donors (Lipinski definition) is 6. The van der Waals surface area contributed by atoms with Crippen molar-refractivity contribution in [3.63, 3.8) is 0 Å². The topological polar surface area (TPSA) is 266 Å². The second-order valence-electron chi connectivity index (χ2n) is 22.0. The molecule has 0 bridgehead atoms. The minimum absolute atomic E-state index is 0.0358. The summed E-state index contributed by atoms with van der Waals surface area (Å²) in [6.07, 6.45) is -9.52. The van der Waals surface area contributed by atoms with Crippen LogP contribution in [0, 0.1) is 16.7 Å². The lowest BCUT2D eigenvalue weighted by Gasteiger charge is -2.67. The molecule has 0 aromatic carbocycles. The Morgan fingerprint density at radius 3 is 1.79 bits per heavy atom. The van der Waals surface area contributed by atoms with E-state index in [-0.39, 0.29) is 51.0 Å². The molecule has 0 spiro atoms. The molecular formula is C50H80O20. The molecule has 4 aliphatic carbocycles. The zero-order valence-corrected chi connectivity index (χ0v) is 42.6. The molecule has 4 aliphatic heterocycles. The van der Waals surface area contributed by atoms with Crippen LogP contribution in [-0.2, 0) is 66.4 Å². The maximum absolute atomic E-state index is 13.0. The van der Waals surface area contributed by atoms with Gasteiger partial charge in [0, 0.05) is 53.4 Å². The van der Waals surface area contributed by atoms with Crippen molar-refractivity contribution in [3.05, 3.63) is 11.6 Å². The molecule has 25 atom stereocenters. The van der Waals surface area contributed by atoms with E-state index in [9.17, 15) is 40.2 Å². The van der Waals surface area contributed by atoms with Crippen LogP contribution in [0.25, 0.3) is 0 Å². The summed E-state index contributed by atoms with van der Waals surface area (Å²) in [5, 5.41) is 70.1. The number of hydrogen-bond acceptors (Lipinski definition) is 20. The SMILES string of the molecule is COC1CC(OC2C(O)CC(OC3CCC4(C)C(=CCC5(O)C4CC(OC(C)=O)C4(C)C(O)(C(C)=O)CCC54O)C3)OC2C)OC(C)C1OC1CC(OC)C(OC2OC(C)C(O)C(OC)C2O)C(C)O1. The summed E-state index contributed by atoms with van der Waals surface area (Å²) >= 11 is 0. The number of ketones is 1. The van der Waals surface area contributed by atoms with Crippen molar-refractivity contribution >= 4 is 11.8 Å². The minimum atomic E-state index is -2.00. The number of Topliss-reactive ketones (excluding diaryl/α,β-unsaturated/α-hetero) is 1. The molecule has 400 valence electrons. The summed E-state index contributed by atoms with van der Waals surface area (Å²) in [5.74, 6) is -1.70. The average molecular weight is 1000 g/mol. The molecule has 20 heteroatoms. The van der Waals surface area contributed by atoms with E-state index in [1.54, 1.807) is 28.1 Å². The van der Waals surface area contributed by atoms with Crippen LogP contribution in [0.15, 0.2) is 11.6 Å². The van der Waals surface area contributed by atoms with Crippen LogP contribution in [0.3, 0.4) is 0 Å². The predicted molar refractivity (Wildman–Crippen MR) is 242 cm³/mol. The Morgan fingerprint density at radius 1 is 0.657 bits per heavy atom. The van der Waals surface area contributed by atoms with E-state index < -0.39 is 156 Å². The van der Waals surface area contributed by atoms with Crippen molar-refractivity contribution in [3.8, 4) is 0 Å². The minimum Gasteiger partial charge on any atom is -0.462 e. The zero-order valence-electron chi connectivity index (χ0n) is 42.6. The molecule has 8 aliphatic rings. The van der Waals surface area contributed by atoms with E-state index in [1.807, 2.05) is 26.8 Å². The third-order valence-electron chi connectivity index (χ3n) is 18.2. The summed E-state index contributed by atoms with van der Waals surface area (Å²) in [7, 11) is 4.55. The van der Waals surface area contributed by atoms with Crippen molar-refractivity contribution in [2.75, 3.05) is 21.3 Å². The van der Waals surface area contributed by atoms with Crippen LogP contribution >= 0.6 is 0 Å². The van der Waals surface area contributed by atoms with Gasteiger partial charge in [0.25, 0.3) is 0 Å². The second kappa shape index (κ2) is 20.4. The van der Waals surface area contributed by atoms with Gasteiger partial charge in [-0.15, -0.1) is 0 Å². The molecule has 4 heterocycles. The molecular weight excluding hydrogens is 921 g/mol. The number of carbonyl (C=O) groups is 2. The fourth-order valence-electron chi connectivity index (χ4n) is 14.1. The number of ether oxygens (including phenoxy) is 12. The van der Waals surface area contributed by atoms with Crippen molar-refractivity contribution < 1.29 is 97.1 Å². The lowest BCUT2D eigenvalue weighted by molar-refractivity contribution is -0.355. The summed E-state index contributed by atoms with van der Waals surface area (Å²) < 4.78 is 73.5. The van der Waals surface area contributed by atoms with Gasteiger partial charge in [-0.1, -0.05) is 18.6 Å². The Morgan fingerprint density at radius 2 is 1.23 bits per heavy atom. The molecule has 0 amide bonds. The van der Waals surface area contributed by atoms with E-state index in [4.69, 9.17) is 56.8 Å². The summed E-state index contributed by atoms with van der Waals surface area (Å²) in [6.45, 7) is 13.3. The van der Waals surface area contributed by atoms with Crippen LogP contribution < -0.4 is 0 Å². The van der Waals surface area contributed by atoms with Crippen molar-refractivity contribution in [1.29, 1.82) is 0 Å². The number of aliphatic hydroxyl groups is 6. The Labute approximate surface area is 410 Å². The zero-order chi connectivity index (χ0) is 51.0. The van der Waals surface area contributed by atoms with E-state index in [0.717, 1.165) is 5.57 Å². The van der Waals surface area contributed by atoms with Gasteiger partial charge in [0.2, 0.25) is 0 Å². The molecule has 25 unspecified atom stereocenters. The van der Waals surface area contributed by atoms with E-state index in [2.05, 4.69) is 6.92 Å². The first kappa shape index (κ1) is 54.5. The van der Waals surface area contributed by atoms with Crippen LogP contribution in [0.1, 0.15) is 120 Å². The number of carbonyl (C=O) groups excluding carboxylic acids is 2. The average Bonchev–Trinajstić information content (AvgIpc) is 3.53. The van der Waals surface area contributed by atoms with E-state index >= 15 is 0 Å². The normalized spacial score (nSPS) is 52.7. The van der Waals surface area contributed by atoms with Gasteiger partial charge in [-0.3, -0.25) is 9.59 Å². The first-order valence-electron chi connectivity index (χ1n) is 25.3. The molecule has 7 fully saturated rings. The maximum atomic E-state index is 13.0. The fraction of sp³-hybridized carbons (Fsp3) is 0.920. The van der Waals surface area contributed by atoms with Gasteiger partial charge in [-0.2, -0.15) is 0 Å². The second-order valence-corrected chi connectivity index (χ2v) is 22.0. The lowest BCUT2D eigenvalue weighted by Crippen LogP contribution is -2.78. The Bertz CT molecular complexity index is 1890.